The van der Waals surface area contributed by atoms with Gasteiger partial charge < -0.3 is 15.3 Å². The molecule has 4 aliphatic carbocycles. The Morgan fingerprint density at radius 3 is 2.39 bits per heavy atom. The molecule has 0 aromatic carbocycles. The minimum Gasteiger partial charge on any atom is -0.481 e. The minimum absolute atomic E-state index is 0.179. The first-order chi connectivity index (χ1) is 13.2. The number of aliphatic hydroxyl groups excluding tert-OH is 2. The monoisotopic (exact) mass is 392 g/mol. The molecule has 4 unspecified atom stereocenters. The van der Waals surface area contributed by atoms with Crippen LogP contribution in [-0.2, 0) is 4.79 Å². The van der Waals surface area contributed by atoms with Crippen molar-refractivity contribution in [2.75, 3.05) is 0 Å². The van der Waals surface area contributed by atoms with Crippen LogP contribution in [0.25, 0.3) is 0 Å². The Balaban J connectivity index is 1.55. The second-order valence-electron chi connectivity index (χ2n) is 11.4. The van der Waals surface area contributed by atoms with Crippen LogP contribution < -0.4 is 0 Å². The Bertz CT molecular complexity index is 605. The maximum atomic E-state index is 11.2. The van der Waals surface area contributed by atoms with Crippen LogP contribution in [0, 0.1) is 46.3 Å². The van der Waals surface area contributed by atoms with Gasteiger partial charge in [0.25, 0.3) is 0 Å². The van der Waals surface area contributed by atoms with Crippen molar-refractivity contribution in [3.63, 3.8) is 0 Å². The van der Waals surface area contributed by atoms with E-state index in [0.717, 1.165) is 32.1 Å². The zero-order chi connectivity index (χ0) is 20.3. The fourth-order valence-electron chi connectivity index (χ4n) is 8.73. The average molecular weight is 393 g/mol. The van der Waals surface area contributed by atoms with E-state index in [9.17, 15) is 15.0 Å². The SMILES string of the molecule is C[C@H](CCC(=O)O)[C@H]1CCC2C3C(CC[C@@]21C)[C@@]1(C)CC[C@@H](O)CC1C[C@H]3O. The van der Waals surface area contributed by atoms with Crippen LogP contribution in [-0.4, -0.2) is 33.5 Å². The molecule has 3 N–H and O–H groups in total. The summed E-state index contributed by atoms with van der Waals surface area (Å²) >= 11 is 0. The Labute approximate surface area is 170 Å². The number of carboxylic acid groups (broad SMARTS) is 1. The van der Waals surface area contributed by atoms with Gasteiger partial charge >= 0.3 is 5.97 Å². The lowest BCUT2D eigenvalue weighted by Crippen LogP contribution is -2.58. The summed E-state index contributed by atoms with van der Waals surface area (Å²) in [5, 5.41) is 30.5. The van der Waals surface area contributed by atoms with Crippen molar-refractivity contribution in [1.82, 2.24) is 0 Å². The molecule has 0 spiro atoms. The molecular formula is C24H40O4. The molecule has 4 aliphatic rings. The van der Waals surface area contributed by atoms with E-state index in [2.05, 4.69) is 20.8 Å². The van der Waals surface area contributed by atoms with Crippen LogP contribution in [0.15, 0.2) is 0 Å². The van der Waals surface area contributed by atoms with Gasteiger partial charge in [-0.15, -0.1) is 0 Å². The van der Waals surface area contributed by atoms with E-state index >= 15 is 0 Å². The molecule has 0 heterocycles. The third-order valence-corrected chi connectivity index (χ3v) is 10.2. The number of hydrogen-bond acceptors (Lipinski definition) is 3. The third kappa shape index (κ3) is 3.14. The zero-order valence-corrected chi connectivity index (χ0v) is 17.9. The van der Waals surface area contributed by atoms with E-state index in [1.54, 1.807) is 0 Å². The number of carbonyl (C=O) groups is 1. The van der Waals surface area contributed by atoms with Crippen LogP contribution >= 0.6 is 0 Å². The molecule has 4 nitrogen and oxygen atoms in total. The molecule has 0 aromatic rings. The third-order valence-electron chi connectivity index (χ3n) is 10.2. The fraction of sp³-hybridized carbons (Fsp3) is 0.958. The summed E-state index contributed by atoms with van der Waals surface area (Å²) in [6.07, 6.45) is 9.19. The van der Waals surface area contributed by atoms with Crippen LogP contribution in [0.5, 0.6) is 0 Å². The van der Waals surface area contributed by atoms with Gasteiger partial charge in [0.05, 0.1) is 12.2 Å². The summed E-state index contributed by atoms with van der Waals surface area (Å²) in [6, 6.07) is 0. The van der Waals surface area contributed by atoms with Crippen molar-refractivity contribution in [2.45, 2.75) is 97.2 Å². The number of fused-ring (bicyclic) bond motifs is 5. The van der Waals surface area contributed by atoms with E-state index < -0.39 is 5.97 Å². The van der Waals surface area contributed by atoms with E-state index in [4.69, 9.17) is 5.11 Å². The lowest BCUT2D eigenvalue weighted by Gasteiger charge is -2.62. The summed E-state index contributed by atoms with van der Waals surface area (Å²) in [6.45, 7) is 7.16. The molecule has 10 atom stereocenters. The molecule has 28 heavy (non-hydrogen) atoms. The number of rotatable bonds is 4. The fourth-order valence-corrected chi connectivity index (χ4v) is 8.73. The molecule has 4 saturated carbocycles. The van der Waals surface area contributed by atoms with Gasteiger partial charge in [-0.05, 0) is 104 Å². The summed E-state index contributed by atoms with van der Waals surface area (Å²) in [7, 11) is 0. The highest BCUT2D eigenvalue weighted by Gasteiger charge is 2.62. The summed E-state index contributed by atoms with van der Waals surface area (Å²) in [5.41, 5.74) is 0.523. The molecule has 0 amide bonds. The molecule has 0 aliphatic heterocycles. The van der Waals surface area contributed by atoms with Gasteiger partial charge in [0.2, 0.25) is 0 Å². The van der Waals surface area contributed by atoms with Gasteiger partial charge in [-0.1, -0.05) is 20.8 Å². The van der Waals surface area contributed by atoms with E-state index in [1.165, 1.54) is 25.7 Å². The van der Waals surface area contributed by atoms with Crippen molar-refractivity contribution < 1.29 is 20.1 Å². The summed E-state index contributed by atoms with van der Waals surface area (Å²) in [5.74, 6) is 2.36. The Morgan fingerprint density at radius 1 is 1.00 bits per heavy atom. The highest BCUT2D eigenvalue weighted by atomic mass is 16.4. The van der Waals surface area contributed by atoms with Crippen molar-refractivity contribution in [1.29, 1.82) is 0 Å². The second-order valence-corrected chi connectivity index (χ2v) is 11.4. The maximum absolute atomic E-state index is 11.2. The predicted octanol–water partition coefficient (Wildman–Crippen LogP) is 4.48. The molecule has 0 bridgehead atoms. The molecule has 0 saturated heterocycles. The molecule has 0 radical (unpaired) electrons. The Kier molecular flexibility index (Phi) is 5.36. The average Bonchev–Trinajstić information content (AvgIpc) is 2.98. The molecule has 160 valence electrons. The highest BCUT2D eigenvalue weighted by molar-refractivity contribution is 5.66. The van der Waals surface area contributed by atoms with Gasteiger partial charge in [0, 0.05) is 6.42 Å². The molecule has 0 aromatic heterocycles. The van der Waals surface area contributed by atoms with Gasteiger partial charge in [0.1, 0.15) is 0 Å². The lowest BCUT2D eigenvalue weighted by molar-refractivity contribution is -0.174. The van der Waals surface area contributed by atoms with Crippen LogP contribution in [0.1, 0.15) is 85.0 Å². The van der Waals surface area contributed by atoms with Crippen LogP contribution in [0.4, 0.5) is 0 Å². The van der Waals surface area contributed by atoms with Crippen molar-refractivity contribution in [3.05, 3.63) is 0 Å². The van der Waals surface area contributed by atoms with Gasteiger partial charge in [0.15, 0.2) is 0 Å². The van der Waals surface area contributed by atoms with Crippen molar-refractivity contribution in [2.24, 2.45) is 46.3 Å². The smallest absolute Gasteiger partial charge is 0.303 e. The highest BCUT2D eigenvalue weighted by Crippen LogP contribution is 2.68. The quantitative estimate of drug-likeness (QED) is 0.659. The molecule has 4 heteroatoms. The second kappa shape index (κ2) is 7.27. The Hall–Kier alpha value is -0.610. The van der Waals surface area contributed by atoms with Gasteiger partial charge in [-0.25, -0.2) is 0 Å². The van der Waals surface area contributed by atoms with Gasteiger partial charge in [-0.2, -0.15) is 0 Å². The zero-order valence-electron chi connectivity index (χ0n) is 17.9. The first-order valence-corrected chi connectivity index (χ1v) is 11.7. The number of aliphatic carboxylic acids is 1. The normalized spacial score (nSPS) is 51.7. The lowest BCUT2D eigenvalue weighted by atomic mass is 9.43. The van der Waals surface area contributed by atoms with Crippen molar-refractivity contribution >= 4 is 5.97 Å². The number of aliphatic hydroxyl groups is 2. The first-order valence-electron chi connectivity index (χ1n) is 11.7. The van der Waals surface area contributed by atoms with E-state index in [-0.39, 0.29) is 29.5 Å². The number of hydrogen-bond donors (Lipinski definition) is 3. The van der Waals surface area contributed by atoms with Gasteiger partial charge in [-0.3, -0.25) is 4.79 Å². The largest absolute Gasteiger partial charge is 0.481 e. The summed E-state index contributed by atoms with van der Waals surface area (Å²) < 4.78 is 0. The summed E-state index contributed by atoms with van der Waals surface area (Å²) in [4.78, 5) is 11.1. The Morgan fingerprint density at radius 2 is 1.68 bits per heavy atom. The van der Waals surface area contributed by atoms with Crippen LogP contribution in [0.3, 0.4) is 0 Å². The first kappa shape index (κ1) is 20.7. The maximum Gasteiger partial charge on any atom is 0.303 e. The molecule has 4 rings (SSSR count). The van der Waals surface area contributed by atoms with E-state index in [1.807, 2.05) is 0 Å². The van der Waals surface area contributed by atoms with E-state index in [0.29, 0.717) is 35.5 Å². The molecule has 4 fully saturated rings. The van der Waals surface area contributed by atoms with Crippen LogP contribution in [0.2, 0.25) is 0 Å². The number of carboxylic acids is 1. The van der Waals surface area contributed by atoms with Crippen molar-refractivity contribution in [3.8, 4) is 0 Å². The molecular weight excluding hydrogens is 352 g/mol. The topological polar surface area (TPSA) is 77.8 Å². The minimum atomic E-state index is -0.684. The predicted molar refractivity (Wildman–Crippen MR) is 109 cm³/mol. The standard InChI is InChI=1S/C24H40O4/c1-14(4-7-21(27)28)17-5-6-18-22-19(9-11-24(17,18)3)23(2)10-8-16(25)12-15(23)13-20(22)26/h14-20,22,25-26H,4-13H2,1-3H3,(H,27,28)/t14-,15?,16-,17-,18?,19?,20-,22?,23+,24-/m1/s1.